The Morgan fingerprint density at radius 3 is 2.63 bits per heavy atom. The highest BCUT2D eigenvalue weighted by molar-refractivity contribution is 7.16. The summed E-state index contributed by atoms with van der Waals surface area (Å²) in [7, 11) is 6.00. The van der Waals surface area contributed by atoms with Crippen molar-refractivity contribution >= 4 is 34.0 Å². The number of amides is 3. The lowest BCUT2D eigenvalue weighted by Crippen LogP contribution is -2.55. The van der Waals surface area contributed by atoms with Crippen molar-refractivity contribution in [1.29, 1.82) is 0 Å². The van der Waals surface area contributed by atoms with E-state index in [4.69, 9.17) is 11.5 Å². The fraction of sp³-hybridized carbons (Fsp3) is 0.714. The minimum Gasteiger partial charge on any atom is -0.396 e. The highest BCUT2D eigenvalue weighted by Crippen LogP contribution is 2.44. The number of hydrogen-bond acceptors (Lipinski definition) is 7. The first-order chi connectivity index (χ1) is 14.2. The number of likely N-dealkylation sites (N-methyl/N-ethyl adjacent to an activating group) is 2. The number of rotatable bonds is 6. The van der Waals surface area contributed by atoms with Gasteiger partial charge >= 0.3 is 6.03 Å². The van der Waals surface area contributed by atoms with Crippen molar-refractivity contribution in [2.24, 2.45) is 11.8 Å². The molecule has 1 fully saturated rings. The van der Waals surface area contributed by atoms with Gasteiger partial charge in [-0.25, -0.2) is 4.79 Å². The summed E-state index contributed by atoms with van der Waals surface area (Å²) in [5, 5.41) is 3.60. The van der Waals surface area contributed by atoms with E-state index >= 15 is 0 Å². The molecule has 0 spiro atoms. The summed E-state index contributed by atoms with van der Waals surface area (Å²) in [6.07, 6.45) is 3.33. The smallest absolute Gasteiger partial charge is 0.324 e. The van der Waals surface area contributed by atoms with Gasteiger partial charge in [0.25, 0.3) is 0 Å². The van der Waals surface area contributed by atoms with Crippen LogP contribution in [-0.4, -0.2) is 80.0 Å². The van der Waals surface area contributed by atoms with Gasteiger partial charge in [0.2, 0.25) is 5.91 Å². The van der Waals surface area contributed by atoms with Gasteiger partial charge in [0.15, 0.2) is 0 Å². The van der Waals surface area contributed by atoms with Crippen molar-refractivity contribution in [2.45, 2.75) is 38.6 Å². The Morgan fingerprint density at radius 1 is 1.23 bits per heavy atom. The molecule has 3 atom stereocenters. The molecule has 1 aliphatic heterocycles. The predicted octanol–water partition coefficient (Wildman–Crippen LogP) is 1.46. The Bertz CT molecular complexity index is 780. The topological polar surface area (TPSA) is 108 Å². The Hall–Kier alpha value is -1.84. The van der Waals surface area contributed by atoms with Crippen LogP contribution in [0.3, 0.4) is 0 Å². The van der Waals surface area contributed by atoms with Crippen LogP contribution >= 0.6 is 11.3 Å². The lowest BCUT2D eigenvalue weighted by atomic mass is 9.74. The second kappa shape index (κ2) is 9.53. The Kier molecular flexibility index (Phi) is 7.26. The SMILES string of the molecule is CCCN(C(=O)NCCN(C)C)C(=O)[C@@H]1C[C@@H]2Cc3c(sc(N)c3N)C[C@H]2N(C)C1. The fourth-order valence-electron chi connectivity index (χ4n) is 4.79. The van der Waals surface area contributed by atoms with Gasteiger partial charge in [-0.15, -0.1) is 11.3 Å². The number of nitrogens with two attached hydrogens (primary N) is 2. The zero-order valence-corrected chi connectivity index (χ0v) is 19.4. The van der Waals surface area contributed by atoms with Crippen LogP contribution in [0.4, 0.5) is 15.5 Å². The van der Waals surface area contributed by atoms with Crippen LogP contribution in [0.2, 0.25) is 0 Å². The molecule has 0 bridgehead atoms. The second-order valence-electron chi connectivity index (χ2n) is 8.91. The minimum absolute atomic E-state index is 0.0619. The number of carbonyl (C=O) groups excluding carboxylic acids is 2. The number of carbonyl (C=O) groups is 2. The molecule has 8 nitrogen and oxygen atoms in total. The second-order valence-corrected chi connectivity index (χ2v) is 10.1. The van der Waals surface area contributed by atoms with E-state index in [0.717, 1.165) is 37.9 Å². The van der Waals surface area contributed by atoms with E-state index in [0.29, 0.717) is 36.6 Å². The number of piperidine rings is 1. The summed E-state index contributed by atoms with van der Waals surface area (Å²) in [5.74, 6) is 0.107. The van der Waals surface area contributed by atoms with Crippen molar-refractivity contribution in [3.8, 4) is 0 Å². The van der Waals surface area contributed by atoms with Crippen LogP contribution in [0.15, 0.2) is 0 Å². The van der Waals surface area contributed by atoms with Gasteiger partial charge in [-0.1, -0.05) is 6.92 Å². The molecule has 0 aromatic carbocycles. The molecule has 2 heterocycles. The molecule has 2 aliphatic rings. The van der Waals surface area contributed by atoms with Crippen LogP contribution in [0.1, 0.15) is 30.2 Å². The summed E-state index contributed by atoms with van der Waals surface area (Å²) in [4.78, 5) is 33.1. The summed E-state index contributed by atoms with van der Waals surface area (Å²) < 4.78 is 0. The maximum Gasteiger partial charge on any atom is 0.324 e. The first-order valence-electron chi connectivity index (χ1n) is 10.8. The maximum atomic E-state index is 13.3. The van der Waals surface area contributed by atoms with E-state index in [-0.39, 0.29) is 17.9 Å². The molecule has 30 heavy (non-hydrogen) atoms. The molecule has 0 radical (unpaired) electrons. The van der Waals surface area contributed by atoms with Gasteiger partial charge < -0.3 is 26.6 Å². The first kappa shape index (κ1) is 22.8. The number of nitrogens with zero attached hydrogens (tertiary/aromatic N) is 3. The van der Waals surface area contributed by atoms with Crippen molar-refractivity contribution < 1.29 is 9.59 Å². The third-order valence-electron chi connectivity index (χ3n) is 6.37. The number of urea groups is 1. The van der Waals surface area contributed by atoms with Crippen LogP contribution < -0.4 is 16.8 Å². The quantitative estimate of drug-likeness (QED) is 0.623. The van der Waals surface area contributed by atoms with Crippen LogP contribution in [0.25, 0.3) is 0 Å². The van der Waals surface area contributed by atoms with Gasteiger partial charge in [0.05, 0.1) is 11.6 Å². The molecule has 3 rings (SSSR count). The molecule has 3 amide bonds. The molecule has 1 aromatic heterocycles. The predicted molar refractivity (Wildman–Crippen MR) is 123 cm³/mol. The van der Waals surface area contributed by atoms with Gasteiger partial charge in [-0.2, -0.15) is 0 Å². The van der Waals surface area contributed by atoms with Gasteiger partial charge in [0.1, 0.15) is 5.00 Å². The number of anilines is 2. The lowest BCUT2D eigenvalue weighted by Gasteiger charge is -2.45. The Labute approximate surface area is 183 Å². The van der Waals surface area contributed by atoms with Crippen LogP contribution in [0.5, 0.6) is 0 Å². The third-order valence-corrected chi connectivity index (χ3v) is 7.47. The number of nitrogens with one attached hydrogen (secondary N) is 1. The first-order valence-corrected chi connectivity index (χ1v) is 11.6. The molecular formula is C21H36N6O2S. The summed E-state index contributed by atoms with van der Waals surface area (Å²) in [6, 6.07) is 0.113. The molecule has 1 aliphatic carbocycles. The average Bonchev–Trinajstić information content (AvgIpc) is 2.97. The largest absolute Gasteiger partial charge is 0.396 e. The maximum absolute atomic E-state index is 13.3. The Balaban J connectivity index is 1.70. The number of nitrogen functional groups attached to an aromatic ring is 2. The van der Waals surface area contributed by atoms with Crippen LogP contribution in [-0.2, 0) is 17.6 Å². The summed E-state index contributed by atoms with van der Waals surface area (Å²) >= 11 is 1.60. The summed E-state index contributed by atoms with van der Waals surface area (Å²) in [6.45, 7) is 4.37. The minimum atomic E-state index is -0.283. The van der Waals surface area contributed by atoms with Crippen molar-refractivity contribution in [2.75, 3.05) is 58.8 Å². The van der Waals surface area contributed by atoms with E-state index in [2.05, 4.69) is 17.3 Å². The number of thiophene rings is 1. The molecule has 168 valence electrons. The van der Waals surface area contributed by atoms with E-state index in [1.54, 1.807) is 11.3 Å². The number of hydrogen-bond donors (Lipinski definition) is 3. The van der Waals surface area contributed by atoms with E-state index in [9.17, 15) is 9.59 Å². The van der Waals surface area contributed by atoms with Gasteiger partial charge in [-0.3, -0.25) is 9.69 Å². The molecule has 1 saturated heterocycles. The van der Waals surface area contributed by atoms with E-state index in [1.165, 1.54) is 15.3 Å². The Morgan fingerprint density at radius 2 is 1.97 bits per heavy atom. The third kappa shape index (κ3) is 4.73. The zero-order valence-electron chi connectivity index (χ0n) is 18.6. The highest BCUT2D eigenvalue weighted by atomic mass is 32.1. The van der Waals surface area contributed by atoms with Crippen molar-refractivity contribution in [3.63, 3.8) is 0 Å². The van der Waals surface area contributed by atoms with E-state index in [1.807, 2.05) is 25.9 Å². The molecule has 0 unspecified atom stereocenters. The monoisotopic (exact) mass is 436 g/mol. The molecule has 9 heteroatoms. The summed E-state index contributed by atoms with van der Waals surface area (Å²) in [5.41, 5.74) is 14.2. The number of imide groups is 1. The number of fused-ring (bicyclic) bond motifs is 2. The molecular weight excluding hydrogens is 400 g/mol. The molecule has 5 N–H and O–H groups in total. The van der Waals surface area contributed by atoms with Gasteiger partial charge in [0, 0.05) is 37.1 Å². The van der Waals surface area contributed by atoms with E-state index < -0.39 is 0 Å². The van der Waals surface area contributed by atoms with Crippen molar-refractivity contribution in [3.05, 3.63) is 10.4 Å². The normalized spacial score (nSPS) is 23.7. The van der Waals surface area contributed by atoms with Crippen LogP contribution in [0, 0.1) is 11.8 Å². The fourth-order valence-corrected chi connectivity index (χ4v) is 5.86. The molecule has 0 saturated carbocycles. The lowest BCUT2D eigenvalue weighted by molar-refractivity contribution is -0.136. The standard InChI is InChI=1S/C21H36N6O2S/c1-5-7-27(21(29)24-6-8-25(2)3)20(28)14-9-13-10-15-17(30-19(23)18(15)22)11-16(13)26(4)12-14/h13-14,16H,5-12,22-23H2,1-4H3,(H,24,29)/t13-,14-,16-/m1/s1. The molecule has 1 aromatic rings. The highest BCUT2D eigenvalue weighted by Gasteiger charge is 2.42. The number of likely N-dealkylation sites (tertiary alicyclic amines) is 1. The van der Waals surface area contributed by atoms with Crippen molar-refractivity contribution in [1.82, 2.24) is 20.0 Å². The zero-order chi connectivity index (χ0) is 22.0. The van der Waals surface area contributed by atoms with Gasteiger partial charge in [-0.05, 0) is 58.3 Å². The average molecular weight is 437 g/mol.